The fraction of sp³-hybridized carbons (Fsp3) is 0.444. The molecule has 2 aromatic carbocycles. The number of hydrogen-bond acceptors (Lipinski definition) is 7. The third kappa shape index (κ3) is 8.53. The summed E-state index contributed by atoms with van der Waals surface area (Å²) < 4.78 is 16.5. The molecule has 1 heterocycles. The van der Waals surface area contributed by atoms with Gasteiger partial charge in [0.15, 0.2) is 17.2 Å². The number of esters is 2. The Morgan fingerprint density at radius 3 is 1.70 bits per heavy atom. The van der Waals surface area contributed by atoms with E-state index in [1.54, 1.807) is 6.92 Å². The van der Waals surface area contributed by atoms with E-state index >= 15 is 0 Å². The summed E-state index contributed by atoms with van der Waals surface area (Å²) in [5, 5.41) is 0. The molecule has 0 amide bonds. The number of ether oxygens (including phenoxy) is 3. The van der Waals surface area contributed by atoms with Gasteiger partial charge in [0.2, 0.25) is 5.75 Å². The number of carbonyl (C=O) groups is 3. The molecule has 0 spiro atoms. The van der Waals surface area contributed by atoms with Crippen molar-refractivity contribution in [2.75, 3.05) is 7.11 Å². The number of benzene rings is 2. The van der Waals surface area contributed by atoms with E-state index in [1.807, 2.05) is 6.92 Å². The van der Waals surface area contributed by atoms with Gasteiger partial charge in [0.05, 0.1) is 13.0 Å². The lowest BCUT2D eigenvalue weighted by Gasteiger charge is -2.28. The van der Waals surface area contributed by atoms with Crippen LogP contribution >= 0.6 is 0 Å². The zero-order valence-electron chi connectivity index (χ0n) is 27.1. The highest BCUT2D eigenvalue weighted by atomic mass is 16.6. The number of carbonyl (C=O) groups excluding carboxylic acids is 3. The molecular weight excluding hydrogens is 542 g/mol. The van der Waals surface area contributed by atoms with Crippen molar-refractivity contribution in [2.24, 2.45) is 5.92 Å². The molecule has 0 saturated heterocycles. The number of rotatable bonds is 10. The highest BCUT2D eigenvalue weighted by Gasteiger charge is 2.30. The first-order valence-corrected chi connectivity index (χ1v) is 14.7. The smallest absolute Gasteiger partial charge is 0.309 e. The van der Waals surface area contributed by atoms with Gasteiger partial charge in [-0.25, -0.2) is 4.98 Å². The number of methoxy groups -OCH3 is 1. The molecule has 0 unspecified atom stereocenters. The van der Waals surface area contributed by atoms with Gasteiger partial charge >= 0.3 is 11.9 Å². The van der Waals surface area contributed by atoms with Crippen molar-refractivity contribution < 1.29 is 28.6 Å². The van der Waals surface area contributed by atoms with Crippen molar-refractivity contribution in [2.45, 2.75) is 91.6 Å². The van der Waals surface area contributed by atoms with Gasteiger partial charge in [0.1, 0.15) is 6.10 Å². The first-order chi connectivity index (χ1) is 20.0. The molecule has 0 saturated carbocycles. The van der Waals surface area contributed by atoms with Crippen LogP contribution in [0.4, 0.5) is 0 Å². The fourth-order valence-corrected chi connectivity index (χ4v) is 4.97. The number of aromatic nitrogens is 1. The normalized spacial score (nSPS) is 13.3. The summed E-state index contributed by atoms with van der Waals surface area (Å²) in [4.78, 5) is 42.3. The second kappa shape index (κ2) is 13.5. The van der Waals surface area contributed by atoms with Crippen LogP contribution in [0.25, 0.3) is 0 Å². The van der Waals surface area contributed by atoms with Gasteiger partial charge in [-0.3, -0.25) is 14.4 Å². The zero-order valence-corrected chi connectivity index (χ0v) is 27.1. The van der Waals surface area contributed by atoms with E-state index in [0.29, 0.717) is 0 Å². The predicted octanol–water partition coefficient (Wildman–Crippen LogP) is 7.58. The van der Waals surface area contributed by atoms with Gasteiger partial charge in [0, 0.05) is 31.5 Å². The van der Waals surface area contributed by atoms with Gasteiger partial charge in [-0.05, 0) is 40.0 Å². The van der Waals surface area contributed by atoms with Gasteiger partial charge in [0.25, 0.3) is 0 Å². The van der Waals surface area contributed by atoms with Crippen LogP contribution in [0.3, 0.4) is 0 Å². The van der Waals surface area contributed by atoms with Crippen molar-refractivity contribution in [3.05, 3.63) is 88.7 Å². The monoisotopic (exact) mass is 587 g/mol. The average molecular weight is 588 g/mol. The Kier molecular flexibility index (Phi) is 10.5. The molecule has 0 aliphatic rings. The van der Waals surface area contributed by atoms with Crippen molar-refractivity contribution in [1.29, 1.82) is 0 Å². The molecule has 0 N–H and O–H groups in total. The Bertz CT molecular complexity index is 1370. The van der Waals surface area contributed by atoms with E-state index in [2.05, 4.69) is 95.1 Å². The molecule has 1 aromatic heterocycles. The van der Waals surface area contributed by atoms with Gasteiger partial charge in [-0.15, -0.1) is 0 Å². The summed E-state index contributed by atoms with van der Waals surface area (Å²) in [7, 11) is 1.40. The van der Waals surface area contributed by atoms with E-state index in [4.69, 9.17) is 14.2 Å². The van der Waals surface area contributed by atoms with E-state index in [1.165, 1.54) is 37.4 Å². The van der Waals surface area contributed by atoms with Crippen LogP contribution in [-0.4, -0.2) is 35.9 Å². The lowest BCUT2D eigenvalue weighted by Crippen LogP contribution is -2.28. The van der Waals surface area contributed by atoms with Crippen molar-refractivity contribution in [3.8, 4) is 11.5 Å². The molecule has 7 heteroatoms. The Morgan fingerprint density at radius 1 is 0.791 bits per heavy atom. The second-order valence-electron chi connectivity index (χ2n) is 13.2. The van der Waals surface area contributed by atoms with Crippen LogP contribution in [0.5, 0.6) is 11.5 Å². The fourth-order valence-electron chi connectivity index (χ4n) is 4.97. The average Bonchev–Trinajstić information content (AvgIpc) is 2.92. The van der Waals surface area contributed by atoms with Gasteiger partial charge in [-0.1, -0.05) is 97.0 Å². The molecule has 0 fully saturated rings. The largest absolute Gasteiger partial charge is 0.493 e. The first kappa shape index (κ1) is 33.5. The molecule has 230 valence electrons. The van der Waals surface area contributed by atoms with Gasteiger partial charge in [-0.2, -0.15) is 0 Å². The molecule has 0 bridgehead atoms. The highest BCUT2D eigenvalue weighted by Crippen LogP contribution is 2.35. The van der Waals surface area contributed by atoms with Gasteiger partial charge < -0.3 is 14.2 Å². The second-order valence-corrected chi connectivity index (χ2v) is 13.2. The lowest BCUT2D eigenvalue weighted by atomic mass is 9.81. The third-order valence-electron chi connectivity index (χ3n) is 7.54. The van der Waals surface area contributed by atoms with Crippen LogP contribution in [0, 0.1) is 5.92 Å². The number of Topliss-reactive ketones (excluding diaryl/α,β-unsaturated/α-hetero) is 1. The Hall–Kier alpha value is -4.00. The minimum absolute atomic E-state index is 0.00931. The van der Waals surface area contributed by atoms with Crippen LogP contribution < -0.4 is 9.47 Å². The quantitative estimate of drug-likeness (QED) is 0.178. The molecule has 3 aromatic rings. The van der Waals surface area contributed by atoms with E-state index in [-0.39, 0.29) is 40.4 Å². The summed E-state index contributed by atoms with van der Waals surface area (Å²) in [5.74, 6) is -2.41. The number of pyridine rings is 1. The van der Waals surface area contributed by atoms with Crippen LogP contribution in [0.2, 0.25) is 0 Å². The Balaban J connectivity index is 1.86. The number of hydrogen-bond donors (Lipinski definition) is 0. The molecule has 0 aliphatic heterocycles. The third-order valence-corrected chi connectivity index (χ3v) is 7.54. The minimum Gasteiger partial charge on any atom is -0.493 e. The molecule has 2 atom stereocenters. The summed E-state index contributed by atoms with van der Waals surface area (Å²) in [6, 6.07) is 18.4. The van der Waals surface area contributed by atoms with Crippen LogP contribution in [0.1, 0.15) is 107 Å². The molecule has 0 radical (unpaired) electrons. The Morgan fingerprint density at radius 2 is 1.28 bits per heavy atom. The maximum Gasteiger partial charge on any atom is 0.309 e. The predicted molar refractivity (Wildman–Crippen MR) is 168 cm³/mol. The van der Waals surface area contributed by atoms with Crippen LogP contribution in [0.15, 0.2) is 60.8 Å². The van der Waals surface area contributed by atoms with E-state index in [9.17, 15) is 14.4 Å². The first-order valence-electron chi connectivity index (χ1n) is 14.7. The standard InChI is InChI=1S/C36H45NO6/c1-22(21-29(39)32-33(43-24(3)38)30(41-10)19-20-37-32)34(40)42-23(2)31(25-11-15-27(16-12-25)35(4,5)6)26-13-17-28(18-14-26)36(7,8)9/h11-20,22-23,31H,21H2,1-10H3/t22-,23+/m1/s1. The van der Waals surface area contributed by atoms with Crippen LogP contribution in [-0.2, 0) is 25.2 Å². The summed E-state index contributed by atoms with van der Waals surface area (Å²) in [6.45, 7) is 17.8. The maximum atomic E-state index is 13.3. The number of nitrogens with zero attached hydrogens (tertiary/aromatic N) is 1. The van der Waals surface area contributed by atoms with E-state index < -0.39 is 29.7 Å². The van der Waals surface area contributed by atoms with Crippen molar-refractivity contribution >= 4 is 17.7 Å². The minimum atomic E-state index is -0.764. The molecular formula is C36H45NO6. The summed E-state index contributed by atoms with van der Waals surface area (Å²) in [5.41, 5.74) is 4.45. The van der Waals surface area contributed by atoms with Crippen molar-refractivity contribution in [1.82, 2.24) is 4.98 Å². The van der Waals surface area contributed by atoms with E-state index in [0.717, 1.165) is 11.1 Å². The van der Waals surface area contributed by atoms with Crippen molar-refractivity contribution in [3.63, 3.8) is 0 Å². The molecule has 43 heavy (non-hydrogen) atoms. The Labute approximate surface area is 256 Å². The highest BCUT2D eigenvalue weighted by molar-refractivity contribution is 5.99. The molecule has 7 nitrogen and oxygen atoms in total. The summed E-state index contributed by atoms with van der Waals surface area (Å²) in [6.07, 6.45) is 0.702. The SMILES string of the molecule is COc1ccnc(C(=O)C[C@@H](C)C(=O)O[C@@H](C)C(c2ccc(C(C)(C)C)cc2)c2ccc(C(C)(C)C)cc2)c1OC(C)=O. The topological polar surface area (TPSA) is 91.8 Å². The number of ketones is 1. The lowest BCUT2D eigenvalue weighted by molar-refractivity contribution is -0.153. The molecule has 0 aliphatic carbocycles. The zero-order chi connectivity index (χ0) is 32.1. The summed E-state index contributed by atoms with van der Waals surface area (Å²) >= 11 is 0. The molecule has 3 rings (SSSR count). The maximum absolute atomic E-state index is 13.3.